The van der Waals surface area contributed by atoms with Crippen LogP contribution in [0.1, 0.15) is 19.8 Å². The molecule has 1 heterocycles. The highest BCUT2D eigenvalue weighted by molar-refractivity contribution is 4.84. The minimum atomic E-state index is 0.0787. The smallest absolute Gasteiger partial charge is 0.0894 e. The monoisotopic (exact) mass is 141 g/mol. The first-order valence-electron chi connectivity index (χ1n) is 3.54. The summed E-state index contributed by atoms with van der Waals surface area (Å²) >= 11 is 0. The van der Waals surface area contributed by atoms with Gasteiger partial charge >= 0.3 is 0 Å². The van der Waals surface area contributed by atoms with Gasteiger partial charge in [0, 0.05) is 4.91 Å². The molecular formula is C6H11N3O. The Labute approximate surface area is 59.8 Å². The van der Waals surface area contributed by atoms with Crippen molar-refractivity contribution in [2.45, 2.75) is 31.9 Å². The van der Waals surface area contributed by atoms with Crippen molar-refractivity contribution >= 4 is 0 Å². The van der Waals surface area contributed by atoms with Gasteiger partial charge in [-0.25, -0.2) is 0 Å². The van der Waals surface area contributed by atoms with Crippen LogP contribution in [0.15, 0.2) is 5.11 Å². The Morgan fingerprint density at radius 3 is 3.00 bits per heavy atom. The first-order chi connectivity index (χ1) is 4.88. The third-order valence-corrected chi connectivity index (χ3v) is 1.57. The van der Waals surface area contributed by atoms with Crippen LogP contribution in [0.2, 0.25) is 0 Å². The number of epoxide rings is 1. The third-order valence-electron chi connectivity index (χ3n) is 1.57. The van der Waals surface area contributed by atoms with Gasteiger partial charge < -0.3 is 4.74 Å². The minimum absolute atomic E-state index is 0.0787. The van der Waals surface area contributed by atoms with Crippen molar-refractivity contribution in [3.63, 3.8) is 0 Å². The van der Waals surface area contributed by atoms with Crippen LogP contribution in [-0.4, -0.2) is 18.8 Å². The molecule has 0 amide bonds. The third kappa shape index (κ3) is 1.90. The van der Waals surface area contributed by atoms with E-state index in [0.29, 0.717) is 0 Å². The molecule has 1 saturated heterocycles. The van der Waals surface area contributed by atoms with E-state index in [9.17, 15) is 0 Å². The first-order valence-corrected chi connectivity index (χ1v) is 3.54. The standard InChI is InChI=1S/C6H11N3O/c1-2-3-5(8-9-7)6-4-10-6/h5-6H,2-4H2,1H3. The lowest BCUT2D eigenvalue weighted by Gasteiger charge is -2.02. The van der Waals surface area contributed by atoms with Crippen LogP contribution in [0, 0.1) is 0 Å². The summed E-state index contributed by atoms with van der Waals surface area (Å²) in [7, 11) is 0. The summed E-state index contributed by atoms with van der Waals surface area (Å²) in [5, 5.41) is 3.63. The molecule has 56 valence electrons. The van der Waals surface area contributed by atoms with Gasteiger partial charge in [-0.3, -0.25) is 0 Å². The second kappa shape index (κ2) is 3.44. The largest absolute Gasteiger partial charge is 0.373 e. The molecule has 10 heavy (non-hydrogen) atoms. The maximum atomic E-state index is 8.14. The van der Waals surface area contributed by atoms with Crippen LogP contribution in [-0.2, 0) is 4.74 Å². The quantitative estimate of drug-likeness (QED) is 0.255. The Bertz CT molecular complexity index is 149. The van der Waals surface area contributed by atoms with E-state index in [0.717, 1.165) is 19.4 Å². The molecule has 2 unspecified atom stereocenters. The summed E-state index contributed by atoms with van der Waals surface area (Å²) in [6, 6.07) is 0.0787. The fraction of sp³-hybridized carbons (Fsp3) is 1.00. The number of rotatable bonds is 4. The summed E-state index contributed by atoms with van der Waals surface area (Å²) in [6.07, 6.45) is 2.20. The Hall–Kier alpha value is -0.730. The molecule has 0 spiro atoms. The average molecular weight is 141 g/mol. The Kier molecular flexibility index (Phi) is 2.54. The predicted octanol–water partition coefficient (Wildman–Crippen LogP) is 1.86. The summed E-state index contributed by atoms with van der Waals surface area (Å²) in [6.45, 7) is 2.84. The molecule has 0 aromatic rings. The number of hydrogen-bond donors (Lipinski definition) is 0. The Balaban J connectivity index is 2.33. The molecule has 1 fully saturated rings. The maximum Gasteiger partial charge on any atom is 0.0894 e. The van der Waals surface area contributed by atoms with Crippen molar-refractivity contribution in [2.24, 2.45) is 5.11 Å². The van der Waals surface area contributed by atoms with Gasteiger partial charge in [-0.05, 0) is 12.0 Å². The van der Waals surface area contributed by atoms with Crippen LogP contribution in [0.3, 0.4) is 0 Å². The van der Waals surface area contributed by atoms with E-state index in [4.69, 9.17) is 10.3 Å². The number of ether oxygens (including phenoxy) is 1. The minimum Gasteiger partial charge on any atom is -0.373 e. The maximum absolute atomic E-state index is 8.14. The van der Waals surface area contributed by atoms with Gasteiger partial charge in [0.1, 0.15) is 0 Å². The molecule has 2 atom stereocenters. The molecule has 0 aromatic carbocycles. The summed E-state index contributed by atoms with van der Waals surface area (Å²) in [5.41, 5.74) is 8.14. The highest BCUT2D eigenvalue weighted by atomic mass is 16.6. The van der Waals surface area contributed by atoms with Gasteiger partial charge in [0.25, 0.3) is 0 Å². The van der Waals surface area contributed by atoms with Crippen LogP contribution < -0.4 is 0 Å². The fourth-order valence-corrected chi connectivity index (χ4v) is 0.958. The van der Waals surface area contributed by atoms with E-state index >= 15 is 0 Å². The number of nitrogens with zero attached hydrogens (tertiary/aromatic N) is 3. The average Bonchev–Trinajstić information content (AvgIpc) is 2.69. The van der Waals surface area contributed by atoms with E-state index in [1.165, 1.54) is 0 Å². The van der Waals surface area contributed by atoms with E-state index in [2.05, 4.69) is 16.9 Å². The van der Waals surface area contributed by atoms with Crippen molar-refractivity contribution < 1.29 is 4.74 Å². The van der Waals surface area contributed by atoms with Crippen LogP contribution >= 0.6 is 0 Å². The Morgan fingerprint density at radius 1 is 1.90 bits per heavy atom. The van der Waals surface area contributed by atoms with Crippen LogP contribution in [0.25, 0.3) is 10.4 Å². The highest BCUT2D eigenvalue weighted by Crippen LogP contribution is 2.20. The van der Waals surface area contributed by atoms with Gasteiger partial charge in [-0.1, -0.05) is 18.5 Å². The molecule has 1 aliphatic heterocycles. The molecule has 0 bridgehead atoms. The second-order valence-electron chi connectivity index (χ2n) is 2.43. The summed E-state index contributed by atoms with van der Waals surface area (Å²) in [5.74, 6) is 0. The van der Waals surface area contributed by atoms with Crippen molar-refractivity contribution in [2.75, 3.05) is 6.61 Å². The molecule has 0 aliphatic carbocycles. The number of azide groups is 1. The fourth-order valence-electron chi connectivity index (χ4n) is 0.958. The normalized spacial score (nSPS) is 25.1. The zero-order valence-corrected chi connectivity index (χ0v) is 6.03. The van der Waals surface area contributed by atoms with Crippen LogP contribution in [0.5, 0.6) is 0 Å². The second-order valence-corrected chi connectivity index (χ2v) is 2.43. The lowest BCUT2D eigenvalue weighted by molar-refractivity contribution is 0.363. The molecular weight excluding hydrogens is 130 g/mol. The van der Waals surface area contributed by atoms with Crippen molar-refractivity contribution in [1.29, 1.82) is 0 Å². The molecule has 4 heteroatoms. The van der Waals surface area contributed by atoms with Gasteiger partial charge in [-0.15, -0.1) is 0 Å². The van der Waals surface area contributed by atoms with E-state index < -0.39 is 0 Å². The zero-order valence-electron chi connectivity index (χ0n) is 6.03. The van der Waals surface area contributed by atoms with Gasteiger partial charge in [0.05, 0.1) is 18.8 Å². The van der Waals surface area contributed by atoms with Gasteiger partial charge in [0.15, 0.2) is 0 Å². The zero-order chi connectivity index (χ0) is 7.40. The van der Waals surface area contributed by atoms with Crippen molar-refractivity contribution in [3.8, 4) is 0 Å². The lowest BCUT2D eigenvalue weighted by Crippen LogP contribution is -2.10. The Morgan fingerprint density at radius 2 is 2.60 bits per heavy atom. The molecule has 0 N–H and O–H groups in total. The van der Waals surface area contributed by atoms with E-state index in [-0.39, 0.29) is 12.1 Å². The molecule has 0 radical (unpaired) electrons. The van der Waals surface area contributed by atoms with E-state index in [1.54, 1.807) is 0 Å². The lowest BCUT2D eigenvalue weighted by atomic mass is 10.1. The van der Waals surface area contributed by atoms with Gasteiger partial charge in [-0.2, -0.15) is 0 Å². The highest BCUT2D eigenvalue weighted by Gasteiger charge is 2.30. The van der Waals surface area contributed by atoms with E-state index in [1.807, 2.05) is 0 Å². The SMILES string of the molecule is CCCC(N=[N+]=[N-])C1CO1. The summed E-state index contributed by atoms with van der Waals surface area (Å²) in [4.78, 5) is 2.76. The van der Waals surface area contributed by atoms with Crippen molar-refractivity contribution in [1.82, 2.24) is 0 Å². The predicted molar refractivity (Wildman–Crippen MR) is 37.6 cm³/mol. The molecule has 4 nitrogen and oxygen atoms in total. The van der Waals surface area contributed by atoms with Crippen molar-refractivity contribution in [3.05, 3.63) is 10.4 Å². The molecule has 1 rings (SSSR count). The summed E-state index contributed by atoms with van der Waals surface area (Å²) < 4.78 is 5.01. The van der Waals surface area contributed by atoms with Gasteiger partial charge in [0.2, 0.25) is 0 Å². The molecule has 0 saturated carbocycles. The number of hydrogen-bond acceptors (Lipinski definition) is 2. The first kappa shape index (κ1) is 7.38. The molecule has 1 aliphatic rings. The molecule has 0 aromatic heterocycles. The topological polar surface area (TPSA) is 61.3 Å². The van der Waals surface area contributed by atoms with Crippen LogP contribution in [0.4, 0.5) is 0 Å².